The normalized spacial score (nSPS) is 10.4. The monoisotopic (exact) mass is 401 g/mol. The number of benzene rings is 2. The third-order valence-electron chi connectivity index (χ3n) is 3.77. The lowest BCUT2D eigenvalue weighted by atomic mass is 10.2. The van der Waals surface area contributed by atoms with Crippen LogP contribution in [0.25, 0.3) is 0 Å². The molecule has 0 aromatic heterocycles. The van der Waals surface area contributed by atoms with Crippen molar-refractivity contribution >= 4 is 17.6 Å². The molecule has 0 saturated carbocycles. The molecule has 0 aliphatic rings. The molecule has 0 atom stereocenters. The number of hydrogen-bond acceptors (Lipinski definition) is 6. The van der Waals surface area contributed by atoms with E-state index in [4.69, 9.17) is 18.9 Å². The molecule has 0 bridgehead atoms. The number of carbonyl (C=O) groups excluding carboxylic acids is 2. The molecule has 0 heterocycles. The van der Waals surface area contributed by atoms with Crippen LogP contribution in [0.1, 0.15) is 31.1 Å². The Hall–Kier alpha value is -3.22. The van der Waals surface area contributed by atoms with Crippen molar-refractivity contribution in [3.8, 4) is 17.2 Å². The second-order valence-electron chi connectivity index (χ2n) is 6.62. The smallest absolute Gasteiger partial charge is 0.338 e. The average Bonchev–Trinajstić information content (AvgIpc) is 2.71. The maximum Gasteiger partial charge on any atom is 0.338 e. The Morgan fingerprint density at radius 1 is 1.00 bits per heavy atom. The predicted molar refractivity (Wildman–Crippen MR) is 110 cm³/mol. The zero-order valence-electron chi connectivity index (χ0n) is 17.2. The lowest BCUT2D eigenvalue weighted by molar-refractivity contribution is -0.119. The Morgan fingerprint density at radius 2 is 1.76 bits per heavy atom. The van der Waals surface area contributed by atoms with E-state index in [0.29, 0.717) is 42.1 Å². The molecular formula is C22H27NO6. The van der Waals surface area contributed by atoms with E-state index in [1.54, 1.807) is 42.5 Å². The number of esters is 1. The standard InChI is InChI=1S/C22H27NO6/c1-5-27-20-12-16(10-11-19(20)28-13-15(2)3)22(25)29-14-21(24)23-17-8-6-7-9-18(17)26-4/h6-12,15H,5,13-14H2,1-4H3,(H,23,24). The summed E-state index contributed by atoms with van der Waals surface area (Å²) in [5, 5.41) is 2.65. The van der Waals surface area contributed by atoms with Crippen LogP contribution < -0.4 is 19.5 Å². The quantitative estimate of drug-likeness (QED) is 0.608. The first-order valence-corrected chi connectivity index (χ1v) is 9.44. The van der Waals surface area contributed by atoms with Crippen molar-refractivity contribution in [2.75, 3.05) is 32.2 Å². The minimum Gasteiger partial charge on any atom is -0.495 e. The van der Waals surface area contributed by atoms with Crippen LogP contribution in [0.15, 0.2) is 42.5 Å². The van der Waals surface area contributed by atoms with Gasteiger partial charge < -0.3 is 24.3 Å². The largest absolute Gasteiger partial charge is 0.495 e. The number of nitrogens with one attached hydrogen (secondary N) is 1. The Bertz CT molecular complexity index is 834. The van der Waals surface area contributed by atoms with Gasteiger partial charge in [0.25, 0.3) is 5.91 Å². The Kier molecular flexibility index (Phi) is 8.33. The van der Waals surface area contributed by atoms with Gasteiger partial charge in [-0.25, -0.2) is 4.79 Å². The summed E-state index contributed by atoms with van der Waals surface area (Å²) in [5.41, 5.74) is 0.775. The van der Waals surface area contributed by atoms with Crippen LogP contribution in [0.2, 0.25) is 0 Å². The molecule has 7 heteroatoms. The Balaban J connectivity index is 1.98. The highest BCUT2D eigenvalue weighted by molar-refractivity contribution is 5.96. The lowest BCUT2D eigenvalue weighted by Gasteiger charge is -2.14. The van der Waals surface area contributed by atoms with Gasteiger partial charge in [0.1, 0.15) is 5.75 Å². The van der Waals surface area contributed by atoms with E-state index in [9.17, 15) is 9.59 Å². The van der Waals surface area contributed by atoms with Gasteiger partial charge in [-0.05, 0) is 43.2 Å². The van der Waals surface area contributed by atoms with Gasteiger partial charge in [-0.3, -0.25) is 4.79 Å². The molecule has 0 aliphatic carbocycles. The topological polar surface area (TPSA) is 83.1 Å². The van der Waals surface area contributed by atoms with Crippen LogP contribution >= 0.6 is 0 Å². The van der Waals surface area contributed by atoms with Gasteiger partial charge in [0.15, 0.2) is 18.1 Å². The summed E-state index contributed by atoms with van der Waals surface area (Å²) in [7, 11) is 1.51. The molecule has 0 unspecified atom stereocenters. The van der Waals surface area contributed by atoms with E-state index in [2.05, 4.69) is 5.32 Å². The molecule has 156 valence electrons. The van der Waals surface area contributed by atoms with Crippen molar-refractivity contribution in [2.24, 2.45) is 5.92 Å². The zero-order chi connectivity index (χ0) is 21.2. The molecule has 1 amide bonds. The van der Waals surface area contributed by atoms with Crippen LogP contribution in [0, 0.1) is 5.92 Å². The van der Waals surface area contributed by atoms with E-state index in [1.165, 1.54) is 7.11 Å². The predicted octanol–water partition coefficient (Wildman–Crippen LogP) is 3.92. The van der Waals surface area contributed by atoms with Crippen molar-refractivity contribution in [3.63, 3.8) is 0 Å². The Morgan fingerprint density at radius 3 is 2.45 bits per heavy atom. The number of para-hydroxylation sites is 2. The van der Waals surface area contributed by atoms with Crippen LogP contribution in [0.3, 0.4) is 0 Å². The van der Waals surface area contributed by atoms with Crippen LogP contribution in [0.5, 0.6) is 17.2 Å². The van der Waals surface area contributed by atoms with E-state index in [1.807, 2.05) is 20.8 Å². The number of methoxy groups -OCH3 is 1. The van der Waals surface area contributed by atoms with Crippen LogP contribution in [-0.4, -0.2) is 38.8 Å². The van der Waals surface area contributed by atoms with Gasteiger partial charge in [-0.2, -0.15) is 0 Å². The van der Waals surface area contributed by atoms with Crippen LogP contribution in [-0.2, 0) is 9.53 Å². The fraction of sp³-hybridized carbons (Fsp3) is 0.364. The summed E-state index contributed by atoms with van der Waals surface area (Å²) < 4.78 is 21.6. The second kappa shape index (κ2) is 10.9. The molecular weight excluding hydrogens is 374 g/mol. The molecule has 2 aromatic carbocycles. The lowest BCUT2D eigenvalue weighted by Crippen LogP contribution is -2.21. The van der Waals surface area contributed by atoms with E-state index in [0.717, 1.165) is 0 Å². The van der Waals surface area contributed by atoms with Crippen molar-refractivity contribution < 1.29 is 28.5 Å². The highest BCUT2D eigenvalue weighted by Gasteiger charge is 2.15. The molecule has 0 saturated heterocycles. The number of ether oxygens (including phenoxy) is 4. The van der Waals surface area contributed by atoms with E-state index < -0.39 is 18.5 Å². The third-order valence-corrected chi connectivity index (χ3v) is 3.77. The molecule has 1 N–H and O–H groups in total. The molecule has 7 nitrogen and oxygen atoms in total. The van der Waals surface area contributed by atoms with Crippen molar-refractivity contribution in [3.05, 3.63) is 48.0 Å². The molecule has 2 aromatic rings. The number of hydrogen-bond donors (Lipinski definition) is 1. The first-order chi connectivity index (χ1) is 13.9. The number of carbonyl (C=O) groups is 2. The van der Waals surface area contributed by atoms with Crippen molar-refractivity contribution in [1.82, 2.24) is 0 Å². The molecule has 0 spiro atoms. The molecule has 2 rings (SSSR count). The SMILES string of the molecule is CCOc1cc(C(=O)OCC(=O)Nc2ccccc2OC)ccc1OCC(C)C. The maximum atomic E-state index is 12.3. The Labute approximate surface area is 170 Å². The van der Waals surface area contributed by atoms with Gasteiger partial charge in [0.2, 0.25) is 0 Å². The summed E-state index contributed by atoms with van der Waals surface area (Å²) in [4.78, 5) is 24.4. The van der Waals surface area contributed by atoms with Gasteiger partial charge in [0.05, 0.1) is 31.6 Å². The molecule has 0 fully saturated rings. The average molecular weight is 401 g/mol. The fourth-order valence-corrected chi connectivity index (χ4v) is 2.43. The summed E-state index contributed by atoms with van der Waals surface area (Å²) >= 11 is 0. The summed E-state index contributed by atoms with van der Waals surface area (Å²) in [6.45, 7) is 6.47. The number of anilines is 1. The number of rotatable bonds is 10. The van der Waals surface area contributed by atoms with Crippen molar-refractivity contribution in [1.29, 1.82) is 0 Å². The van der Waals surface area contributed by atoms with E-state index >= 15 is 0 Å². The third kappa shape index (κ3) is 6.71. The first-order valence-electron chi connectivity index (χ1n) is 9.44. The summed E-state index contributed by atoms with van der Waals surface area (Å²) in [6.07, 6.45) is 0. The van der Waals surface area contributed by atoms with Gasteiger partial charge in [-0.1, -0.05) is 26.0 Å². The number of amides is 1. The van der Waals surface area contributed by atoms with Gasteiger partial charge >= 0.3 is 5.97 Å². The molecule has 0 radical (unpaired) electrons. The highest BCUT2D eigenvalue weighted by atomic mass is 16.5. The summed E-state index contributed by atoms with van der Waals surface area (Å²) in [6, 6.07) is 11.8. The fourth-order valence-electron chi connectivity index (χ4n) is 2.43. The van der Waals surface area contributed by atoms with Gasteiger partial charge in [-0.15, -0.1) is 0 Å². The van der Waals surface area contributed by atoms with Gasteiger partial charge in [0, 0.05) is 0 Å². The molecule has 29 heavy (non-hydrogen) atoms. The maximum absolute atomic E-state index is 12.3. The minimum absolute atomic E-state index is 0.274. The van der Waals surface area contributed by atoms with Crippen molar-refractivity contribution in [2.45, 2.75) is 20.8 Å². The minimum atomic E-state index is -0.628. The zero-order valence-corrected chi connectivity index (χ0v) is 17.2. The highest BCUT2D eigenvalue weighted by Crippen LogP contribution is 2.29. The molecule has 0 aliphatic heterocycles. The van der Waals surface area contributed by atoms with E-state index in [-0.39, 0.29) is 5.56 Å². The van der Waals surface area contributed by atoms with Crippen LogP contribution in [0.4, 0.5) is 5.69 Å². The summed E-state index contributed by atoms with van der Waals surface area (Å²) in [5.74, 6) is 0.801. The second-order valence-corrected chi connectivity index (χ2v) is 6.62. The first kappa shape index (κ1) is 22.1.